The summed E-state index contributed by atoms with van der Waals surface area (Å²) < 4.78 is 53.8. The summed E-state index contributed by atoms with van der Waals surface area (Å²) >= 11 is 6.49. The monoisotopic (exact) mass is 429 g/mol. The number of hydrogen-bond donors (Lipinski definition) is 1. The van der Waals surface area contributed by atoms with Gasteiger partial charge in [0.05, 0.1) is 9.93 Å². The average molecular weight is 430 g/mol. The van der Waals surface area contributed by atoms with Gasteiger partial charge in [0.25, 0.3) is 12.3 Å². The van der Waals surface area contributed by atoms with E-state index in [1.54, 1.807) is 6.92 Å². The van der Waals surface area contributed by atoms with Crippen LogP contribution in [0.2, 0.25) is 5.02 Å². The van der Waals surface area contributed by atoms with Crippen LogP contribution in [0.3, 0.4) is 0 Å². The number of rotatable bonds is 6. The molecule has 0 radical (unpaired) electrons. The topological polar surface area (TPSA) is 29.1 Å². The second-order valence-corrected chi connectivity index (χ2v) is 7.61. The maximum absolute atomic E-state index is 13.8. The van der Waals surface area contributed by atoms with Crippen LogP contribution in [0.4, 0.5) is 23.2 Å². The molecule has 0 aliphatic carbocycles. The molecule has 0 fully saturated rings. The molecule has 0 aliphatic heterocycles. The summed E-state index contributed by atoms with van der Waals surface area (Å²) in [6.07, 6.45) is -2.83. The molecular formula is C20H16ClF4NOS. The fourth-order valence-electron chi connectivity index (χ4n) is 2.29. The Morgan fingerprint density at radius 1 is 1.14 bits per heavy atom. The van der Waals surface area contributed by atoms with E-state index in [0.29, 0.717) is 4.91 Å². The maximum atomic E-state index is 13.8. The maximum Gasteiger partial charge on any atom is 0.262 e. The molecule has 2 nitrogen and oxygen atoms in total. The van der Waals surface area contributed by atoms with Crippen molar-refractivity contribution in [2.45, 2.75) is 20.3 Å². The number of nitrogens with one attached hydrogen (secondary N) is 1. The van der Waals surface area contributed by atoms with Gasteiger partial charge in [0, 0.05) is 16.8 Å². The predicted octanol–water partition coefficient (Wildman–Crippen LogP) is 7.03. The Bertz CT molecular complexity index is 959. The molecule has 0 aromatic heterocycles. The van der Waals surface area contributed by atoms with E-state index in [2.05, 4.69) is 11.9 Å². The smallest absolute Gasteiger partial charge is 0.262 e. The summed E-state index contributed by atoms with van der Waals surface area (Å²) in [5.41, 5.74) is 0.167. The number of anilines is 1. The molecule has 28 heavy (non-hydrogen) atoms. The number of carbonyl (C=O) groups excluding carboxylic acids is 1. The first-order valence-corrected chi connectivity index (χ1v) is 9.18. The lowest BCUT2D eigenvalue weighted by molar-refractivity contribution is -0.112. The number of halogens is 5. The van der Waals surface area contributed by atoms with Crippen molar-refractivity contribution in [1.82, 2.24) is 0 Å². The second kappa shape index (κ2) is 9.30. The quantitative estimate of drug-likeness (QED) is 0.394. The van der Waals surface area contributed by atoms with Crippen LogP contribution >= 0.6 is 23.4 Å². The zero-order valence-corrected chi connectivity index (χ0v) is 16.5. The van der Waals surface area contributed by atoms with E-state index < -0.39 is 29.5 Å². The lowest BCUT2D eigenvalue weighted by Crippen LogP contribution is -2.16. The zero-order valence-electron chi connectivity index (χ0n) is 15.0. The van der Waals surface area contributed by atoms with E-state index in [-0.39, 0.29) is 26.7 Å². The third kappa shape index (κ3) is 5.39. The lowest BCUT2D eigenvalue weighted by Gasteiger charge is -2.15. The van der Waals surface area contributed by atoms with Crippen molar-refractivity contribution in [2.24, 2.45) is 0 Å². The summed E-state index contributed by atoms with van der Waals surface area (Å²) in [5.74, 6) is -2.13. The molecule has 0 saturated carbocycles. The standard InChI is InChI=1S/C20H16ClF4NOS/c1-10(2)28-18(11(3)19(24)25)20(27)26-17-7-5-13(22)9-14(17)12-4-6-15(21)16(23)8-12/h4-9,19H,1H2,2-3H3,(H,26,27)/b18-11+. The Hall–Kier alpha value is -2.25. The van der Waals surface area contributed by atoms with Gasteiger partial charge in [-0.3, -0.25) is 4.79 Å². The van der Waals surface area contributed by atoms with Crippen LogP contribution < -0.4 is 5.32 Å². The van der Waals surface area contributed by atoms with Crippen molar-refractivity contribution in [1.29, 1.82) is 0 Å². The van der Waals surface area contributed by atoms with E-state index in [4.69, 9.17) is 11.6 Å². The van der Waals surface area contributed by atoms with Gasteiger partial charge in [-0.25, -0.2) is 17.6 Å². The van der Waals surface area contributed by atoms with Gasteiger partial charge in [-0.1, -0.05) is 36.0 Å². The first-order chi connectivity index (χ1) is 13.1. The molecule has 0 heterocycles. The number of thioether (sulfide) groups is 1. The molecule has 2 aromatic carbocycles. The highest BCUT2D eigenvalue weighted by Crippen LogP contribution is 2.34. The third-order valence-electron chi connectivity index (χ3n) is 3.63. The van der Waals surface area contributed by atoms with Crippen molar-refractivity contribution in [3.05, 3.63) is 75.0 Å². The van der Waals surface area contributed by atoms with E-state index in [0.717, 1.165) is 36.9 Å². The lowest BCUT2D eigenvalue weighted by atomic mass is 10.0. The van der Waals surface area contributed by atoms with Crippen LogP contribution in [0.15, 0.2) is 58.4 Å². The molecule has 0 unspecified atom stereocenters. The van der Waals surface area contributed by atoms with E-state index in [9.17, 15) is 22.4 Å². The van der Waals surface area contributed by atoms with Gasteiger partial charge in [-0.2, -0.15) is 0 Å². The highest BCUT2D eigenvalue weighted by Gasteiger charge is 2.21. The Morgan fingerprint density at radius 3 is 2.39 bits per heavy atom. The first kappa shape index (κ1) is 22.0. The molecule has 0 saturated heterocycles. The Morgan fingerprint density at radius 2 is 1.82 bits per heavy atom. The fourth-order valence-corrected chi connectivity index (χ4v) is 3.15. The van der Waals surface area contributed by atoms with Crippen LogP contribution in [-0.2, 0) is 4.79 Å². The third-order valence-corrected chi connectivity index (χ3v) is 4.99. The minimum Gasteiger partial charge on any atom is -0.321 e. The molecule has 1 N–H and O–H groups in total. The van der Waals surface area contributed by atoms with Crippen molar-refractivity contribution in [3.63, 3.8) is 0 Å². The van der Waals surface area contributed by atoms with Crippen LogP contribution in [0.1, 0.15) is 13.8 Å². The molecule has 2 aromatic rings. The van der Waals surface area contributed by atoms with Gasteiger partial charge in [0.1, 0.15) is 11.6 Å². The summed E-state index contributed by atoms with van der Waals surface area (Å²) in [5, 5.41) is 2.39. The van der Waals surface area contributed by atoms with Gasteiger partial charge in [-0.05, 0) is 54.6 Å². The van der Waals surface area contributed by atoms with Gasteiger partial charge in [0.2, 0.25) is 0 Å². The summed E-state index contributed by atoms with van der Waals surface area (Å²) in [7, 11) is 0. The second-order valence-electron chi connectivity index (χ2n) is 5.89. The summed E-state index contributed by atoms with van der Waals surface area (Å²) in [6, 6.07) is 7.33. The number of carbonyl (C=O) groups is 1. The molecule has 0 spiro atoms. The SMILES string of the molecule is C=C(C)S/C(C(=O)Nc1ccc(F)cc1-c1ccc(Cl)c(F)c1)=C(\C)C(F)F. The molecule has 2 rings (SSSR count). The largest absolute Gasteiger partial charge is 0.321 e. The van der Waals surface area contributed by atoms with Gasteiger partial charge < -0.3 is 5.32 Å². The van der Waals surface area contributed by atoms with Crippen molar-refractivity contribution < 1.29 is 22.4 Å². The molecule has 0 aliphatic rings. The zero-order chi connectivity index (χ0) is 21.0. The van der Waals surface area contributed by atoms with Crippen LogP contribution in [0, 0.1) is 11.6 Å². The van der Waals surface area contributed by atoms with Crippen LogP contribution in [-0.4, -0.2) is 12.3 Å². The van der Waals surface area contributed by atoms with Gasteiger partial charge in [0.15, 0.2) is 0 Å². The Balaban J connectivity index is 2.48. The number of amides is 1. The molecular weight excluding hydrogens is 414 g/mol. The molecule has 148 valence electrons. The van der Waals surface area contributed by atoms with Crippen molar-refractivity contribution >= 4 is 35.0 Å². The Kier molecular flexibility index (Phi) is 7.32. The van der Waals surface area contributed by atoms with E-state index in [1.807, 2.05) is 0 Å². The number of benzene rings is 2. The number of hydrogen-bond acceptors (Lipinski definition) is 2. The molecule has 1 amide bonds. The van der Waals surface area contributed by atoms with E-state index >= 15 is 0 Å². The highest BCUT2D eigenvalue weighted by atomic mass is 35.5. The van der Waals surface area contributed by atoms with E-state index in [1.165, 1.54) is 18.2 Å². The minimum absolute atomic E-state index is 0.110. The highest BCUT2D eigenvalue weighted by molar-refractivity contribution is 8.07. The summed E-state index contributed by atoms with van der Waals surface area (Å²) in [6.45, 7) is 6.35. The summed E-state index contributed by atoms with van der Waals surface area (Å²) in [4.78, 5) is 12.9. The van der Waals surface area contributed by atoms with Crippen molar-refractivity contribution in [3.8, 4) is 11.1 Å². The van der Waals surface area contributed by atoms with Crippen molar-refractivity contribution in [2.75, 3.05) is 5.32 Å². The first-order valence-electron chi connectivity index (χ1n) is 7.98. The number of alkyl halides is 2. The molecule has 8 heteroatoms. The minimum atomic E-state index is -2.83. The molecule has 0 bridgehead atoms. The Labute approximate surface area is 169 Å². The average Bonchev–Trinajstić information content (AvgIpc) is 2.62. The molecule has 0 atom stereocenters. The van der Waals surface area contributed by atoms with Gasteiger partial charge in [-0.15, -0.1) is 0 Å². The predicted molar refractivity (Wildman–Crippen MR) is 107 cm³/mol. The van der Waals surface area contributed by atoms with Gasteiger partial charge >= 0.3 is 0 Å². The van der Waals surface area contributed by atoms with Crippen LogP contribution in [0.5, 0.6) is 0 Å². The fraction of sp³-hybridized carbons (Fsp3) is 0.150. The van der Waals surface area contributed by atoms with Crippen LogP contribution in [0.25, 0.3) is 11.1 Å². The normalized spacial score (nSPS) is 12.0. The number of allylic oxidation sites excluding steroid dienone is 2.